The fourth-order valence-corrected chi connectivity index (χ4v) is 11.4. The number of ether oxygens (including phenoxy) is 5. The van der Waals surface area contributed by atoms with E-state index in [0.29, 0.717) is 98.5 Å². The Morgan fingerprint density at radius 1 is 0.753 bits per heavy atom. The van der Waals surface area contributed by atoms with Crippen LogP contribution in [0.2, 0.25) is 0 Å². The number of hydrogen-bond donors (Lipinski definition) is 4. The molecule has 4 N–H and O–H groups in total. The van der Waals surface area contributed by atoms with Gasteiger partial charge in [-0.05, 0) is 105 Å². The van der Waals surface area contributed by atoms with Crippen molar-refractivity contribution in [1.82, 2.24) is 44.9 Å². The average molecular weight is 998 g/mol. The van der Waals surface area contributed by atoms with Crippen molar-refractivity contribution in [3.05, 3.63) is 95.6 Å². The Morgan fingerprint density at radius 2 is 1.44 bits per heavy atom. The van der Waals surface area contributed by atoms with Crippen LogP contribution < -0.4 is 20.1 Å². The molecule has 6 aromatic rings. The smallest absolute Gasteiger partial charge is 0.407 e. The fraction of sp³-hybridized carbons (Fsp3) is 0.444. The Morgan fingerprint density at radius 3 is 2.14 bits per heavy atom. The third-order valence-corrected chi connectivity index (χ3v) is 15.2. The molecule has 0 aliphatic carbocycles. The van der Waals surface area contributed by atoms with Gasteiger partial charge in [-0.15, -0.1) is 0 Å². The summed E-state index contributed by atoms with van der Waals surface area (Å²) < 4.78 is 47.4. The number of aryl methyl sites for hydroxylation is 1. The summed E-state index contributed by atoms with van der Waals surface area (Å²) in [5.41, 5.74) is 6.43. The van der Waals surface area contributed by atoms with Gasteiger partial charge in [-0.25, -0.2) is 23.9 Å². The van der Waals surface area contributed by atoms with Crippen LogP contribution in [0, 0.1) is 17.7 Å². The Bertz CT molecular complexity index is 3090. The number of rotatable bonds is 11. The number of H-pyrrole nitrogens is 2. The number of amides is 4. The molecule has 0 bridgehead atoms. The normalized spacial score (nSPS) is 20.4. The monoisotopic (exact) mass is 997 g/mol. The number of nitrogens with zero attached hydrogens (tertiary/aromatic N) is 5. The van der Waals surface area contributed by atoms with E-state index >= 15 is 4.39 Å². The van der Waals surface area contributed by atoms with Crippen molar-refractivity contribution in [3.63, 3.8) is 0 Å². The lowest BCUT2D eigenvalue weighted by Crippen LogP contribution is -2.53. The standard InChI is InChI=1S/C54H60FN9O9/c1-29(2)46(60-53(67)69-3)50(65)62-17-5-9-40(62)49-57-28-38(59-49)34-23-36(55)45-42-24-35-22-32(13-14-39(35)64(42)52(73-44(45)26-34)33-12-11-30-8-7-19-72-43(30)25-33)37-27-56-48(58-37)41-10-6-18-63(41)51(66)47(61-54(68)70-4)31-15-20-71-21-16-31/h11-14,22-29,31,40-41,46-47,52H,5-10,15-21H2,1-4H3,(H,56,58)(H,57,59)(H,60,67)(H,61,68)/t40-,41-,46-,47-,52?/m0/s1. The molecule has 3 saturated heterocycles. The molecule has 0 saturated carbocycles. The maximum absolute atomic E-state index is 17.1. The third kappa shape index (κ3) is 9.01. The zero-order valence-corrected chi connectivity index (χ0v) is 41.4. The highest BCUT2D eigenvalue weighted by atomic mass is 19.1. The van der Waals surface area contributed by atoms with Crippen molar-refractivity contribution >= 4 is 34.9 Å². The molecule has 11 rings (SSSR count). The summed E-state index contributed by atoms with van der Waals surface area (Å²) in [7, 11) is 2.56. The molecule has 3 fully saturated rings. The lowest BCUT2D eigenvalue weighted by Gasteiger charge is -2.34. The van der Waals surface area contributed by atoms with E-state index in [-0.39, 0.29) is 35.7 Å². The minimum Gasteiger partial charge on any atom is -0.493 e. The second-order valence-electron chi connectivity index (χ2n) is 20.0. The molecule has 0 radical (unpaired) electrons. The van der Waals surface area contributed by atoms with Crippen LogP contribution in [0.5, 0.6) is 11.5 Å². The summed E-state index contributed by atoms with van der Waals surface area (Å²) in [5.74, 6) is 1.24. The number of benzene rings is 3. The van der Waals surface area contributed by atoms with Gasteiger partial charge < -0.3 is 58.7 Å². The van der Waals surface area contributed by atoms with Crippen molar-refractivity contribution in [1.29, 1.82) is 0 Å². The van der Waals surface area contributed by atoms with Gasteiger partial charge in [0.2, 0.25) is 18.0 Å². The Labute approximate surface area is 421 Å². The minimum atomic E-state index is -0.781. The maximum atomic E-state index is 17.1. The molecule has 19 heteroatoms. The highest BCUT2D eigenvalue weighted by Crippen LogP contribution is 2.48. The van der Waals surface area contributed by atoms with Crippen LogP contribution in [0.3, 0.4) is 0 Å². The molecule has 73 heavy (non-hydrogen) atoms. The summed E-state index contributed by atoms with van der Waals surface area (Å²) in [4.78, 5) is 72.7. The Hall–Kier alpha value is -7.41. The number of halogens is 1. The van der Waals surface area contributed by atoms with Crippen molar-refractivity contribution in [2.24, 2.45) is 11.8 Å². The summed E-state index contributed by atoms with van der Waals surface area (Å²) in [5, 5.41) is 6.36. The van der Waals surface area contributed by atoms with Gasteiger partial charge in [-0.1, -0.05) is 32.0 Å². The van der Waals surface area contributed by atoms with E-state index in [1.807, 2.05) is 65.8 Å². The molecule has 1 unspecified atom stereocenters. The molecule has 4 amide bonds. The van der Waals surface area contributed by atoms with Gasteiger partial charge >= 0.3 is 12.2 Å². The predicted molar refractivity (Wildman–Crippen MR) is 266 cm³/mol. The van der Waals surface area contributed by atoms with Gasteiger partial charge in [0.25, 0.3) is 0 Å². The first-order valence-corrected chi connectivity index (χ1v) is 25.4. The Kier molecular flexibility index (Phi) is 13.0. The number of carbonyl (C=O) groups is 4. The number of imidazole rings is 2. The van der Waals surface area contributed by atoms with E-state index in [2.05, 4.69) is 26.7 Å². The maximum Gasteiger partial charge on any atom is 0.407 e. The first-order valence-electron chi connectivity index (χ1n) is 25.4. The number of alkyl carbamates (subject to hydrolysis) is 2. The van der Waals surface area contributed by atoms with Crippen LogP contribution in [-0.2, 0) is 30.2 Å². The van der Waals surface area contributed by atoms with Crippen LogP contribution in [0.4, 0.5) is 14.0 Å². The van der Waals surface area contributed by atoms with Gasteiger partial charge in [0.1, 0.15) is 41.0 Å². The molecule has 8 heterocycles. The second-order valence-corrected chi connectivity index (χ2v) is 20.0. The van der Waals surface area contributed by atoms with E-state index in [9.17, 15) is 19.2 Å². The number of fused-ring (bicyclic) bond motifs is 6. The number of nitrogens with one attached hydrogen (secondary N) is 4. The minimum absolute atomic E-state index is 0.0806. The average Bonchev–Trinajstić information content (AvgIpc) is 4.28. The van der Waals surface area contributed by atoms with Gasteiger partial charge in [-0.3, -0.25) is 9.59 Å². The van der Waals surface area contributed by atoms with Crippen LogP contribution in [0.15, 0.2) is 67.0 Å². The molecule has 3 aromatic carbocycles. The number of likely N-dealkylation sites (tertiary alicyclic amines) is 2. The van der Waals surface area contributed by atoms with Crippen LogP contribution >= 0.6 is 0 Å². The van der Waals surface area contributed by atoms with E-state index in [1.54, 1.807) is 17.3 Å². The van der Waals surface area contributed by atoms with E-state index in [0.717, 1.165) is 64.7 Å². The summed E-state index contributed by atoms with van der Waals surface area (Å²) in [6.45, 7) is 6.44. The van der Waals surface area contributed by atoms with Crippen molar-refractivity contribution in [2.45, 2.75) is 95.6 Å². The number of carbonyl (C=O) groups excluding carboxylic acids is 4. The number of hydrogen-bond acceptors (Lipinski definition) is 11. The summed E-state index contributed by atoms with van der Waals surface area (Å²) in [6, 6.07) is 15.3. The summed E-state index contributed by atoms with van der Waals surface area (Å²) in [6.07, 6.45) is 7.49. The van der Waals surface area contributed by atoms with E-state index in [1.165, 1.54) is 20.3 Å². The van der Waals surface area contributed by atoms with Crippen molar-refractivity contribution in [2.75, 3.05) is 47.1 Å². The molecule has 5 aliphatic heterocycles. The van der Waals surface area contributed by atoms with Gasteiger partial charge in [0.15, 0.2) is 0 Å². The molecular weight excluding hydrogens is 938 g/mol. The molecular formula is C54H60FN9O9. The van der Waals surface area contributed by atoms with E-state index in [4.69, 9.17) is 33.7 Å². The van der Waals surface area contributed by atoms with Crippen LogP contribution in [0.1, 0.15) is 99.9 Å². The lowest BCUT2D eigenvalue weighted by molar-refractivity contribution is -0.137. The number of aromatic amines is 2. The number of methoxy groups -OCH3 is 2. The summed E-state index contributed by atoms with van der Waals surface area (Å²) >= 11 is 0. The molecule has 5 aliphatic rings. The molecule has 3 aromatic heterocycles. The molecule has 18 nitrogen and oxygen atoms in total. The third-order valence-electron chi connectivity index (χ3n) is 15.2. The lowest BCUT2D eigenvalue weighted by atomic mass is 9.90. The molecule has 0 spiro atoms. The highest BCUT2D eigenvalue weighted by Gasteiger charge is 2.41. The fourth-order valence-electron chi connectivity index (χ4n) is 11.4. The topological polar surface area (TPSA) is 207 Å². The van der Waals surface area contributed by atoms with Crippen LogP contribution in [0.25, 0.3) is 44.7 Å². The van der Waals surface area contributed by atoms with Crippen molar-refractivity contribution < 1.29 is 47.3 Å². The zero-order chi connectivity index (χ0) is 50.5. The van der Waals surface area contributed by atoms with Gasteiger partial charge in [0, 0.05) is 48.4 Å². The van der Waals surface area contributed by atoms with Gasteiger partial charge in [-0.2, -0.15) is 0 Å². The molecule has 382 valence electrons. The second kappa shape index (κ2) is 19.9. The molecule has 5 atom stereocenters. The van der Waals surface area contributed by atoms with E-state index < -0.39 is 36.3 Å². The first kappa shape index (κ1) is 47.9. The number of aromatic nitrogens is 5. The zero-order valence-electron chi connectivity index (χ0n) is 41.4. The first-order chi connectivity index (χ1) is 35.5. The van der Waals surface area contributed by atoms with Crippen LogP contribution in [-0.4, -0.2) is 118 Å². The SMILES string of the molecule is COC(=O)N[C@H](C(=O)N1CCC[C@H]1c1ncc(-c2cc(F)c3c(c2)OC(c2ccc4c(c2)OCCC4)n2c-3cc3cc(-c4cnc([C@@H]5CCCN5C(=O)[C@@H](NC(=O)OC)C5CCOCC5)[nH]4)ccc32)[nH]1)C(C)C. The Balaban J connectivity index is 0.911. The largest absolute Gasteiger partial charge is 0.493 e. The highest BCUT2D eigenvalue weighted by molar-refractivity contribution is 5.93. The van der Waals surface area contributed by atoms with Gasteiger partial charge in [0.05, 0.1) is 73.5 Å². The predicted octanol–water partition coefficient (Wildman–Crippen LogP) is 8.35. The van der Waals surface area contributed by atoms with Crippen molar-refractivity contribution in [3.8, 4) is 45.3 Å². The quantitative estimate of drug-likeness (QED) is 0.0970.